The van der Waals surface area contributed by atoms with Crippen LogP contribution >= 0.6 is 11.6 Å². The van der Waals surface area contributed by atoms with E-state index >= 15 is 0 Å². The third kappa shape index (κ3) is 2.80. The third-order valence-electron chi connectivity index (χ3n) is 2.92. The van der Waals surface area contributed by atoms with Gasteiger partial charge in [-0.25, -0.2) is 0 Å². The van der Waals surface area contributed by atoms with Crippen molar-refractivity contribution in [2.75, 3.05) is 0 Å². The highest BCUT2D eigenvalue weighted by molar-refractivity contribution is 6.68. The molecule has 2 heteroatoms. The van der Waals surface area contributed by atoms with Gasteiger partial charge in [0.25, 0.3) is 5.24 Å². The molecule has 0 saturated carbocycles. The van der Waals surface area contributed by atoms with Crippen molar-refractivity contribution in [3.8, 4) is 11.1 Å². The first kappa shape index (κ1) is 12.8. The van der Waals surface area contributed by atoms with Gasteiger partial charge in [-0.1, -0.05) is 55.8 Å². The van der Waals surface area contributed by atoms with E-state index in [9.17, 15) is 4.79 Å². The number of carbonyl (C=O) groups is 1. The summed E-state index contributed by atoms with van der Waals surface area (Å²) in [6.45, 7) is 2.12. The van der Waals surface area contributed by atoms with Gasteiger partial charge in [0.05, 0.1) is 0 Å². The van der Waals surface area contributed by atoms with Gasteiger partial charge >= 0.3 is 0 Å². The second-order valence-electron chi connectivity index (χ2n) is 4.27. The van der Waals surface area contributed by atoms with Gasteiger partial charge in [-0.05, 0) is 40.8 Å². The van der Waals surface area contributed by atoms with Crippen LogP contribution in [-0.4, -0.2) is 5.24 Å². The topological polar surface area (TPSA) is 17.1 Å². The van der Waals surface area contributed by atoms with Gasteiger partial charge in [-0.3, -0.25) is 4.79 Å². The number of hydrogen-bond donors (Lipinski definition) is 0. The summed E-state index contributed by atoms with van der Waals surface area (Å²) in [5, 5.41) is -0.396. The zero-order valence-electron chi connectivity index (χ0n) is 10.3. The van der Waals surface area contributed by atoms with Crippen molar-refractivity contribution in [3.05, 3.63) is 59.7 Å². The number of hydrogen-bond acceptors (Lipinski definition) is 1. The number of halogens is 1. The van der Waals surface area contributed by atoms with Gasteiger partial charge in [0.1, 0.15) is 0 Å². The van der Waals surface area contributed by atoms with Gasteiger partial charge < -0.3 is 0 Å². The molecule has 2 rings (SSSR count). The quantitative estimate of drug-likeness (QED) is 0.728. The normalized spacial score (nSPS) is 10.3. The molecule has 92 valence electrons. The molecule has 0 N–H and O–H groups in total. The fourth-order valence-corrected chi connectivity index (χ4v) is 2.22. The molecule has 1 nitrogen and oxygen atoms in total. The van der Waals surface area contributed by atoms with Crippen LogP contribution in [0.1, 0.15) is 29.3 Å². The molecule has 0 atom stereocenters. The van der Waals surface area contributed by atoms with E-state index in [1.54, 1.807) is 0 Å². The van der Waals surface area contributed by atoms with Gasteiger partial charge in [0.15, 0.2) is 0 Å². The Labute approximate surface area is 112 Å². The van der Waals surface area contributed by atoms with Crippen molar-refractivity contribution in [2.24, 2.45) is 0 Å². The molecule has 0 fully saturated rings. The van der Waals surface area contributed by atoms with Gasteiger partial charge in [-0.2, -0.15) is 0 Å². The maximum Gasteiger partial charge on any atom is 0.253 e. The van der Waals surface area contributed by atoms with E-state index in [0.29, 0.717) is 5.56 Å². The minimum atomic E-state index is -0.396. The summed E-state index contributed by atoms with van der Waals surface area (Å²) in [6, 6.07) is 15.8. The number of rotatable bonds is 4. The van der Waals surface area contributed by atoms with Crippen molar-refractivity contribution in [2.45, 2.75) is 19.8 Å². The minimum Gasteiger partial charge on any atom is -0.276 e. The van der Waals surface area contributed by atoms with Crippen LogP contribution in [0.2, 0.25) is 0 Å². The molecule has 0 spiro atoms. The first-order chi connectivity index (χ1) is 8.72. The van der Waals surface area contributed by atoms with Crippen LogP contribution in [0, 0.1) is 0 Å². The Morgan fingerprint density at radius 1 is 1.11 bits per heavy atom. The molecule has 0 heterocycles. The van der Waals surface area contributed by atoms with Crippen molar-refractivity contribution >= 4 is 16.8 Å². The number of carbonyl (C=O) groups excluding carboxylic acids is 1. The van der Waals surface area contributed by atoms with Crippen LogP contribution in [-0.2, 0) is 6.42 Å². The summed E-state index contributed by atoms with van der Waals surface area (Å²) in [5.74, 6) is 0. The predicted molar refractivity (Wildman–Crippen MR) is 76.1 cm³/mol. The Morgan fingerprint density at radius 3 is 2.44 bits per heavy atom. The lowest BCUT2D eigenvalue weighted by Crippen LogP contribution is -1.96. The lowest BCUT2D eigenvalue weighted by molar-refractivity contribution is 0.108. The molecule has 0 aliphatic heterocycles. The first-order valence-corrected chi connectivity index (χ1v) is 6.48. The Balaban J connectivity index is 2.51. The summed E-state index contributed by atoms with van der Waals surface area (Å²) in [7, 11) is 0. The van der Waals surface area contributed by atoms with Crippen LogP contribution < -0.4 is 0 Å². The standard InChI is InChI=1S/C16H15ClO/c1-2-6-12-9-10-14(15(11-12)16(17)18)13-7-4-3-5-8-13/h3-5,7-11H,2,6H2,1H3. The molecule has 0 unspecified atom stereocenters. The maximum absolute atomic E-state index is 11.6. The molecule has 0 amide bonds. The third-order valence-corrected chi connectivity index (χ3v) is 3.12. The molecule has 0 bridgehead atoms. The molecular formula is C16H15ClO. The van der Waals surface area contributed by atoms with E-state index in [0.717, 1.165) is 29.5 Å². The zero-order chi connectivity index (χ0) is 13.0. The molecule has 0 aliphatic rings. The Kier molecular flexibility index (Phi) is 4.16. The van der Waals surface area contributed by atoms with Crippen LogP contribution in [0.4, 0.5) is 0 Å². The van der Waals surface area contributed by atoms with Crippen molar-refractivity contribution in [1.29, 1.82) is 0 Å². The maximum atomic E-state index is 11.6. The fraction of sp³-hybridized carbons (Fsp3) is 0.188. The van der Waals surface area contributed by atoms with E-state index < -0.39 is 5.24 Å². The molecule has 0 radical (unpaired) electrons. The van der Waals surface area contributed by atoms with E-state index in [2.05, 4.69) is 13.0 Å². The lowest BCUT2D eigenvalue weighted by atomic mass is 9.97. The monoisotopic (exact) mass is 258 g/mol. The summed E-state index contributed by atoms with van der Waals surface area (Å²) in [4.78, 5) is 11.6. The Morgan fingerprint density at radius 2 is 1.83 bits per heavy atom. The Bertz CT molecular complexity index is 546. The van der Waals surface area contributed by atoms with E-state index in [4.69, 9.17) is 11.6 Å². The van der Waals surface area contributed by atoms with Gasteiger partial charge in [-0.15, -0.1) is 0 Å². The fourth-order valence-electron chi connectivity index (χ4n) is 2.07. The predicted octanol–water partition coefficient (Wildman–Crippen LogP) is 4.69. The number of aryl methyl sites for hydroxylation is 1. The van der Waals surface area contributed by atoms with E-state index in [1.165, 1.54) is 0 Å². The smallest absolute Gasteiger partial charge is 0.253 e. The van der Waals surface area contributed by atoms with E-state index in [1.807, 2.05) is 42.5 Å². The van der Waals surface area contributed by atoms with Crippen LogP contribution in [0.3, 0.4) is 0 Å². The summed E-state index contributed by atoms with van der Waals surface area (Å²) < 4.78 is 0. The zero-order valence-corrected chi connectivity index (χ0v) is 11.1. The molecule has 0 saturated heterocycles. The molecule has 0 aliphatic carbocycles. The van der Waals surface area contributed by atoms with Crippen molar-refractivity contribution < 1.29 is 4.79 Å². The average molecular weight is 259 g/mol. The Hall–Kier alpha value is -1.60. The molecular weight excluding hydrogens is 244 g/mol. The largest absolute Gasteiger partial charge is 0.276 e. The molecule has 2 aromatic rings. The van der Waals surface area contributed by atoms with Gasteiger partial charge in [0, 0.05) is 5.56 Å². The van der Waals surface area contributed by atoms with Crippen LogP contribution in [0.25, 0.3) is 11.1 Å². The van der Waals surface area contributed by atoms with Crippen LogP contribution in [0.5, 0.6) is 0 Å². The second-order valence-corrected chi connectivity index (χ2v) is 4.61. The van der Waals surface area contributed by atoms with Crippen molar-refractivity contribution in [1.82, 2.24) is 0 Å². The summed E-state index contributed by atoms with van der Waals surface area (Å²) >= 11 is 5.69. The highest BCUT2D eigenvalue weighted by Crippen LogP contribution is 2.26. The van der Waals surface area contributed by atoms with Gasteiger partial charge in [0.2, 0.25) is 0 Å². The average Bonchev–Trinajstić information content (AvgIpc) is 2.40. The summed E-state index contributed by atoms with van der Waals surface area (Å²) in [5.41, 5.74) is 3.66. The van der Waals surface area contributed by atoms with E-state index in [-0.39, 0.29) is 0 Å². The van der Waals surface area contributed by atoms with Crippen LogP contribution in [0.15, 0.2) is 48.5 Å². The van der Waals surface area contributed by atoms with Crippen molar-refractivity contribution in [3.63, 3.8) is 0 Å². The highest BCUT2D eigenvalue weighted by atomic mass is 35.5. The lowest BCUT2D eigenvalue weighted by Gasteiger charge is -2.08. The molecule has 0 aromatic heterocycles. The second kappa shape index (κ2) is 5.83. The first-order valence-electron chi connectivity index (χ1n) is 6.10. The highest BCUT2D eigenvalue weighted by Gasteiger charge is 2.11. The SMILES string of the molecule is CCCc1ccc(-c2ccccc2)c(C(=O)Cl)c1. The number of benzene rings is 2. The summed E-state index contributed by atoms with van der Waals surface area (Å²) in [6.07, 6.45) is 2.02. The molecule has 2 aromatic carbocycles. The minimum absolute atomic E-state index is 0.396. The molecule has 18 heavy (non-hydrogen) atoms.